The standard InChI is InChI=1S/C15H19NO3/c1-16-13(9-14(17)19-2)15(18)12-7-6-10-4-3-5-11(10)8-12/h6-8,13,16H,3-5,9H2,1-2H3. The lowest BCUT2D eigenvalue weighted by molar-refractivity contribution is -0.140. The van der Waals surface area contributed by atoms with Gasteiger partial charge in [0.1, 0.15) is 0 Å². The molecule has 102 valence electrons. The van der Waals surface area contributed by atoms with E-state index in [9.17, 15) is 9.59 Å². The van der Waals surface area contributed by atoms with Crippen molar-refractivity contribution in [3.05, 3.63) is 34.9 Å². The molecule has 1 aliphatic carbocycles. The first-order valence-corrected chi connectivity index (χ1v) is 6.55. The number of nitrogens with one attached hydrogen (secondary N) is 1. The van der Waals surface area contributed by atoms with Crippen molar-refractivity contribution >= 4 is 11.8 Å². The van der Waals surface area contributed by atoms with E-state index < -0.39 is 6.04 Å². The Balaban J connectivity index is 2.15. The van der Waals surface area contributed by atoms with E-state index in [0.717, 1.165) is 19.3 Å². The Hall–Kier alpha value is -1.68. The first-order chi connectivity index (χ1) is 9.15. The summed E-state index contributed by atoms with van der Waals surface area (Å²) < 4.78 is 4.61. The van der Waals surface area contributed by atoms with Crippen LogP contribution in [0.15, 0.2) is 18.2 Å². The van der Waals surface area contributed by atoms with E-state index in [1.807, 2.05) is 18.2 Å². The topological polar surface area (TPSA) is 55.4 Å². The van der Waals surface area contributed by atoms with Crippen LogP contribution in [-0.4, -0.2) is 32.0 Å². The third-order valence-electron chi connectivity index (χ3n) is 3.65. The summed E-state index contributed by atoms with van der Waals surface area (Å²) in [5.74, 6) is -0.434. The molecule has 0 aliphatic heterocycles. The molecule has 0 fully saturated rings. The molecule has 0 bridgehead atoms. The second kappa shape index (κ2) is 5.97. The first kappa shape index (κ1) is 13.7. The fraction of sp³-hybridized carbons (Fsp3) is 0.467. The Morgan fingerprint density at radius 2 is 2.05 bits per heavy atom. The van der Waals surface area contributed by atoms with Crippen molar-refractivity contribution in [3.63, 3.8) is 0 Å². The van der Waals surface area contributed by atoms with Gasteiger partial charge in [0.05, 0.1) is 19.6 Å². The molecule has 0 aromatic heterocycles. The molecule has 2 rings (SSSR count). The summed E-state index contributed by atoms with van der Waals surface area (Å²) >= 11 is 0. The number of rotatable bonds is 5. The second-order valence-corrected chi connectivity index (χ2v) is 4.82. The normalized spacial score (nSPS) is 14.8. The summed E-state index contributed by atoms with van der Waals surface area (Å²) in [4.78, 5) is 23.6. The molecule has 0 heterocycles. The highest BCUT2D eigenvalue weighted by Crippen LogP contribution is 2.23. The van der Waals surface area contributed by atoms with Crippen LogP contribution in [-0.2, 0) is 22.4 Å². The van der Waals surface area contributed by atoms with Gasteiger partial charge in [-0.1, -0.05) is 12.1 Å². The number of benzene rings is 1. The van der Waals surface area contributed by atoms with Gasteiger partial charge in [0.2, 0.25) is 0 Å². The summed E-state index contributed by atoms with van der Waals surface area (Å²) in [7, 11) is 3.01. The summed E-state index contributed by atoms with van der Waals surface area (Å²) in [5, 5.41) is 2.88. The third-order valence-corrected chi connectivity index (χ3v) is 3.65. The van der Waals surface area contributed by atoms with E-state index in [1.54, 1.807) is 7.05 Å². The lowest BCUT2D eigenvalue weighted by Crippen LogP contribution is -2.36. The number of ether oxygens (including phenoxy) is 1. The number of Topliss-reactive ketones (excluding diaryl/α,β-unsaturated/α-hetero) is 1. The van der Waals surface area contributed by atoms with Crippen LogP contribution < -0.4 is 5.32 Å². The molecule has 1 aromatic rings. The fourth-order valence-electron chi connectivity index (χ4n) is 2.50. The molecule has 1 aliphatic rings. The molecular weight excluding hydrogens is 242 g/mol. The number of likely N-dealkylation sites (N-methyl/N-ethyl adjacent to an activating group) is 1. The van der Waals surface area contributed by atoms with E-state index in [1.165, 1.54) is 18.2 Å². The van der Waals surface area contributed by atoms with Crippen molar-refractivity contribution < 1.29 is 14.3 Å². The molecule has 0 saturated heterocycles. The van der Waals surface area contributed by atoms with Crippen molar-refractivity contribution in [2.75, 3.05) is 14.2 Å². The molecule has 1 aromatic carbocycles. The lowest BCUT2D eigenvalue weighted by Gasteiger charge is -2.14. The van der Waals surface area contributed by atoms with E-state index in [2.05, 4.69) is 10.1 Å². The van der Waals surface area contributed by atoms with Gasteiger partial charge in [0.25, 0.3) is 0 Å². The van der Waals surface area contributed by atoms with Gasteiger partial charge in [-0.25, -0.2) is 0 Å². The average molecular weight is 261 g/mol. The highest BCUT2D eigenvalue weighted by atomic mass is 16.5. The van der Waals surface area contributed by atoms with Gasteiger partial charge < -0.3 is 10.1 Å². The van der Waals surface area contributed by atoms with Gasteiger partial charge in [-0.2, -0.15) is 0 Å². The van der Waals surface area contributed by atoms with Crippen molar-refractivity contribution in [2.45, 2.75) is 31.7 Å². The number of aryl methyl sites for hydroxylation is 2. The summed E-state index contributed by atoms with van der Waals surface area (Å²) in [6, 6.07) is 5.33. The molecule has 4 nitrogen and oxygen atoms in total. The van der Waals surface area contributed by atoms with Crippen molar-refractivity contribution in [3.8, 4) is 0 Å². The number of hydrogen-bond donors (Lipinski definition) is 1. The van der Waals surface area contributed by atoms with Crippen molar-refractivity contribution in [2.24, 2.45) is 0 Å². The van der Waals surface area contributed by atoms with Crippen LogP contribution in [0.25, 0.3) is 0 Å². The highest BCUT2D eigenvalue weighted by Gasteiger charge is 2.23. The number of methoxy groups -OCH3 is 1. The minimum Gasteiger partial charge on any atom is -0.469 e. The molecule has 4 heteroatoms. The predicted octanol–water partition coefficient (Wildman–Crippen LogP) is 1.51. The smallest absolute Gasteiger partial charge is 0.307 e. The molecule has 0 saturated carbocycles. The highest BCUT2D eigenvalue weighted by molar-refractivity contribution is 6.02. The fourth-order valence-corrected chi connectivity index (χ4v) is 2.50. The number of ketones is 1. The Kier molecular flexibility index (Phi) is 4.32. The molecule has 0 spiro atoms. The molecule has 1 N–H and O–H groups in total. The predicted molar refractivity (Wildman–Crippen MR) is 72.3 cm³/mol. The quantitative estimate of drug-likeness (QED) is 0.645. The monoisotopic (exact) mass is 261 g/mol. The SMILES string of the molecule is CNC(CC(=O)OC)C(=O)c1ccc2c(c1)CCC2. The number of carbonyl (C=O) groups is 2. The largest absolute Gasteiger partial charge is 0.469 e. The van der Waals surface area contributed by atoms with E-state index in [4.69, 9.17) is 0 Å². The Morgan fingerprint density at radius 3 is 2.74 bits per heavy atom. The number of esters is 1. The first-order valence-electron chi connectivity index (χ1n) is 6.55. The minimum atomic E-state index is -0.521. The maximum absolute atomic E-state index is 12.4. The summed E-state index contributed by atoms with van der Waals surface area (Å²) in [5.41, 5.74) is 3.27. The van der Waals surface area contributed by atoms with Gasteiger partial charge in [0, 0.05) is 5.56 Å². The maximum Gasteiger partial charge on any atom is 0.307 e. The molecular formula is C15H19NO3. The van der Waals surface area contributed by atoms with Gasteiger partial charge in [-0.05, 0) is 43.5 Å². The zero-order valence-electron chi connectivity index (χ0n) is 11.4. The van der Waals surface area contributed by atoms with Crippen LogP contribution in [0.2, 0.25) is 0 Å². The second-order valence-electron chi connectivity index (χ2n) is 4.82. The van der Waals surface area contributed by atoms with Crippen LogP contribution in [0, 0.1) is 0 Å². The zero-order valence-corrected chi connectivity index (χ0v) is 11.4. The lowest BCUT2D eigenvalue weighted by atomic mass is 9.98. The van der Waals surface area contributed by atoms with Crippen LogP contribution in [0.1, 0.15) is 34.3 Å². The third kappa shape index (κ3) is 3.01. The maximum atomic E-state index is 12.4. The molecule has 19 heavy (non-hydrogen) atoms. The Morgan fingerprint density at radius 1 is 1.32 bits per heavy atom. The Bertz CT molecular complexity index is 496. The molecule has 0 amide bonds. The summed E-state index contributed by atoms with van der Waals surface area (Å²) in [6.07, 6.45) is 3.35. The van der Waals surface area contributed by atoms with Gasteiger partial charge in [-0.15, -0.1) is 0 Å². The molecule has 1 atom stereocenters. The zero-order chi connectivity index (χ0) is 13.8. The van der Waals surface area contributed by atoms with E-state index in [0.29, 0.717) is 5.56 Å². The van der Waals surface area contributed by atoms with Crippen LogP contribution >= 0.6 is 0 Å². The summed E-state index contributed by atoms with van der Waals surface area (Å²) in [6.45, 7) is 0. The molecule has 0 radical (unpaired) electrons. The number of hydrogen-bond acceptors (Lipinski definition) is 4. The van der Waals surface area contributed by atoms with Gasteiger partial charge >= 0.3 is 5.97 Å². The van der Waals surface area contributed by atoms with E-state index >= 15 is 0 Å². The molecule has 1 unspecified atom stereocenters. The number of carbonyl (C=O) groups excluding carboxylic acids is 2. The van der Waals surface area contributed by atoms with Crippen LogP contribution in [0.3, 0.4) is 0 Å². The average Bonchev–Trinajstić information content (AvgIpc) is 2.90. The van der Waals surface area contributed by atoms with Gasteiger partial charge in [0.15, 0.2) is 5.78 Å². The van der Waals surface area contributed by atoms with Crippen LogP contribution in [0.5, 0.6) is 0 Å². The van der Waals surface area contributed by atoms with E-state index in [-0.39, 0.29) is 18.2 Å². The minimum absolute atomic E-state index is 0.0531. The number of fused-ring (bicyclic) bond motifs is 1. The van der Waals surface area contributed by atoms with Crippen LogP contribution in [0.4, 0.5) is 0 Å². The Labute approximate surface area is 113 Å². The van der Waals surface area contributed by atoms with Crippen molar-refractivity contribution in [1.82, 2.24) is 5.32 Å². The van der Waals surface area contributed by atoms with Gasteiger partial charge in [-0.3, -0.25) is 9.59 Å². The van der Waals surface area contributed by atoms with Crippen molar-refractivity contribution in [1.29, 1.82) is 0 Å².